The van der Waals surface area contributed by atoms with Crippen LogP contribution in [0.5, 0.6) is 5.75 Å². The van der Waals surface area contributed by atoms with E-state index in [2.05, 4.69) is 4.90 Å². The van der Waals surface area contributed by atoms with Gasteiger partial charge in [-0.15, -0.1) is 0 Å². The van der Waals surface area contributed by atoms with E-state index in [9.17, 15) is 4.79 Å². The van der Waals surface area contributed by atoms with Gasteiger partial charge in [-0.3, -0.25) is 4.90 Å². The fraction of sp³-hybridized carbons (Fsp3) is 0.533. The third-order valence-corrected chi connectivity index (χ3v) is 3.56. The Morgan fingerprint density at radius 2 is 2.25 bits per heavy atom. The van der Waals surface area contributed by atoms with Crippen LogP contribution in [0.2, 0.25) is 0 Å². The topological polar surface area (TPSA) is 59.0 Å². The molecule has 1 saturated heterocycles. The number of carbonyl (C=O) groups is 1. The van der Waals surface area contributed by atoms with Crippen LogP contribution in [-0.2, 0) is 16.1 Å². The molecule has 110 valence electrons. The van der Waals surface area contributed by atoms with E-state index in [1.54, 1.807) is 7.11 Å². The van der Waals surface area contributed by atoms with E-state index in [1.807, 2.05) is 24.3 Å². The Morgan fingerprint density at radius 3 is 3.00 bits per heavy atom. The van der Waals surface area contributed by atoms with Crippen LogP contribution in [0.25, 0.3) is 0 Å². The minimum absolute atomic E-state index is 0.307. The highest BCUT2D eigenvalue weighted by Gasteiger charge is 2.25. The van der Waals surface area contributed by atoms with Gasteiger partial charge >= 0.3 is 5.97 Å². The maximum atomic E-state index is 10.6. The first kappa shape index (κ1) is 14.8. The lowest BCUT2D eigenvalue weighted by atomic mass is 10.1. The van der Waals surface area contributed by atoms with Crippen molar-refractivity contribution in [3.63, 3.8) is 0 Å². The smallest absolute Gasteiger partial charge is 0.341 e. The number of aliphatic carboxylic acids is 1. The van der Waals surface area contributed by atoms with E-state index in [-0.39, 0.29) is 6.61 Å². The summed E-state index contributed by atoms with van der Waals surface area (Å²) >= 11 is 0. The highest BCUT2D eigenvalue weighted by atomic mass is 16.5. The minimum atomic E-state index is -0.960. The monoisotopic (exact) mass is 279 g/mol. The van der Waals surface area contributed by atoms with Gasteiger partial charge in [0.2, 0.25) is 0 Å². The van der Waals surface area contributed by atoms with E-state index in [1.165, 1.54) is 6.42 Å². The van der Waals surface area contributed by atoms with Crippen LogP contribution in [0.3, 0.4) is 0 Å². The number of para-hydroxylation sites is 1. The second-order valence-corrected chi connectivity index (χ2v) is 5.01. The quantitative estimate of drug-likeness (QED) is 0.824. The summed E-state index contributed by atoms with van der Waals surface area (Å²) in [5.41, 5.74) is 1.02. The number of benzene rings is 1. The number of nitrogens with zero attached hydrogens (tertiary/aromatic N) is 1. The molecule has 1 fully saturated rings. The predicted octanol–water partition coefficient (Wildman–Crippen LogP) is 1.76. The molecule has 5 nitrogen and oxygen atoms in total. The molecule has 1 aromatic carbocycles. The summed E-state index contributed by atoms with van der Waals surface area (Å²) in [6, 6.07) is 8.05. The van der Waals surface area contributed by atoms with Crippen molar-refractivity contribution >= 4 is 5.97 Å². The van der Waals surface area contributed by atoms with Crippen LogP contribution < -0.4 is 4.74 Å². The van der Waals surface area contributed by atoms with Crippen molar-refractivity contribution in [3.05, 3.63) is 29.8 Å². The van der Waals surface area contributed by atoms with E-state index < -0.39 is 5.97 Å². The molecule has 0 saturated carbocycles. The Balaban J connectivity index is 2.02. The van der Waals surface area contributed by atoms with Gasteiger partial charge in [-0.05, 0) is 25.5 Å². The first-order valence-corrected chi connectivity index (χ1v) is 6.86. The average Bonchev–Trinajstić information content (AvgIpc) is 2.85. The van der Waals surface area contributed by atoms with Crippen LogP contribution in [-0.4, -0.2) is 48.9 Å². The van der Waals surface area contributed by atoms with Gasteiger partial charge in [0.25, 0.3) is 0 Å². The van der Waals surface area contributed by atoms with Crippen LogP contribution in [0.4, 0.5) is 0 Å². The summed E-state index contributed by atoms with van der Waals surface area (Å²) in [6.45, 7) is 2.24. The third-order valence-electron chi connectivity index (χ3n) is 3.56. The first-order valence-electron chi connectivity index (χ1n) is 6.86. The van der Waals surface area contributed by atoms with E-state index in [0.717, 1.165) is 31.7 Å². The molecule has 0 aliphatic carbocycles. The number of rotatable bonds is 7. The lowest BCUT2D eigenvalue weighted by Crippen LogP contribution is -2.32. The molecule has 2 rings (SSSR count). The summed E-state index contributed by atoms with van der Waals surface area (Å²) < 4.78 is 10.6. The van der Waals surface area contributed by atoms with Gasteiger partial charge in [0.15, 0.2) is 6.61 Å². The SMILES string of the molecule is COC[C@@H]1CCCN1Cc1ccccc1OCC(=O)O. The van der Waals surface area contributed by atoms with Crippen molar-refractivity contribution in [1.82, 2.24) is 4.90 Å². The molecule has 0 bridgehead atoms. The molecular formula is C15H21NO4. The van der Waals surface area contributed by atoms with E-state index in [0.29, 0.717) is 11.8 Å². The normalized spacial score (nSPS) is 19.1. The number of carboxylic acid groups (broad SMARTS) is 1. The largest absolute Gasteiger partial charge is 0.482 e. The van der Waals surface area contributed by atoms with Crippen molar-refractivity contribution in [2.75, 3.05) is 26.9 Å². The number of likely N-dealkylation sites (tertiary alicyclic amines) is 1. The standard InChI is InChI=1S/C15H21NO4/c1-19-10-13-6-4-8-16(13)9-12-5-2-3-7-14(12)20-11-15(17)18/h2-3,5,7,13H,4,6,8-11H2,1H3,(H,17,18)/t13-/m0/s1. The Labute approximate surface area is 119 Å². The van der Waals surface area contributed by atoms with E-state index in [4.69, 9.17) is 14.6 Å². The zero-order chi connectivity index (χ0) is 14.4. The number of ether oxygens (including phenoxy) is 2. The fourth-order valence-electron chi connectivity index (χ4n) is 2.62. The summed E-state index contributed by atoms with van der Waals surface area (Å²) in [6.07, 6.45) is 2.32. The summed E-state index contributed by atoms with van der Waals surface area (Å²) in [5, 5.41) is 8.71. The first-order chi connectivity index (χ1) is 9.70. The summed E-state index contributed by atoms with van der Waals surface area (Å²) in [5.74, 6) is -0.309. The maximum Gasteiger partial charge on any atom is 0.341 e. The van der Waals surface area contributed by atoms with Gasteiger partial charge < -0.3 is 14.6 Å². The molecule has 0 radical (unpaired) electrons. The maximum absolute atomic E-state index is 10.6. The van der Waals surface area contributed by atoms with Gasteiger partial charge in [-0.25, -0.2) is 4.79 Å². The summed E-state index contributed by atoms with van der Waals surface area (Å²) in [4.78, 5) is 13.0. The predicted molar refractivity (Wildman–Crippen MR) is 74.9 cm³/mol. The third kappa shape index (κ3) is 3.95. The minimum Gasteiger partial charge on any atom is -0.482 e. The number of carboxylic acids is 1. The van der Waals surface area contributed by atoms with Crippen molar-refractivity contribution in [1.29, 1.82) is 0 Å². The highest BCUT2D eigenvalue weighted by molar-refractivity contribution is 5.68. The van der Waals surface area contributed by atoms with Crippen LogP contribution in [0.1, 0.15) is 18.4 Å². The molecule has 1 atom stereocenters. The fourth-order valence-corrected chi connectivity index (χ4v) is 2.62. The Hall–Kier alpha value is -1.59. The second kappa shape index (κ2) is 7.26. The molecule has 0 spiro atoms. The van der Waals surface area contributed by atoms with Gasteiger partial charge in [0.05, 0.1) is 6.61 Å². The molecule has 0 aromatic heterocycles. The van der Waals surface area contributed by atoms with Crippen LogP contribution in [0, 0.1) is 0 Å². The molecule has 1 N–H and O–H groups in total. The second-order valence-electron chi connectivity index (χ2n) is 5.01. The van der Waals surface area contributed by atoms with Crippen molar-refractivity contribution in [2.45, 2.75) is 25.4 Å². The Bertz CT molecular complexity index is 449. The molecule has 5 heteroatoms. The van der Waals surface area contributed by atoms with Gasteiger partial charge in [0, 0.05) is 25.3 Å². The molecule has 0 unspecified atom stereocenters. The Morgan fingerprint density at radius 1 is 1.45 bits per heavy atom. The van der Waals surface area contributed by atoms with Crippen molar-refractivity contribution in [3.8, 4) is 5.75 Å². The zero-order valence-corrected chi connectivity index (χ0v) is 11.7. The Kier molecular flexibility index (Phi) is 5.38. The molecule has 1 heterocycles. The van der Waals surface area contributed by atoms with E-state index >= 15 is 0 Å². The van der Waals surface area contributed by atoms with Gasteiger partial charge in [-0.2, -0.15) is 0 Å². The molecule has 0 amide bonds. The number of hydrogen-bond donors (Lipinski definition) is 1. The summed E-state index contributed by atoms with van der Waals surface area (Å²) in [7, 11) is 1.72. The van der Waals surface area contributed by atoms with Crippen LogP contribution >= 0.6 is 0 Å². The zero-order valence-electron chi connectivity index (χ0n) is 11.7. The van der Waals surface area contributed by atoms with Crippen molar-refractivity contribution < 1.29 is 19.4 Å². The molecule has 20 heavy (non-hydrogen) atoms. The molecule has 1 aromatic rings. The lowest BCUT2D eigenvalue weighted by molar-refractivity contribution is -0.139. The lowest BCUT2D eigenvalue weighted by Gasteiger charge is -2.24. The van der Waals surface area contributed by atoms with Gasteiger partial charge in [-0.1, -0.05) is 18.2 Å². The van der Waals surface area contributed by atoms with Crippen LogP contribution in [0.15, 0.2) is 24.3 Å². The molecule has 1 aliphatic rings. The highest BCUT2D eigenvalue weighted by Crippen LogP contribution is 2.25. The average molecular weight is 279 g/mol. The number of methoxy groups -OCH3 is 1. The number of hydrogen-bond acceptors (Lipinski definition) is 4. The molecular weight excluding hydrogens is 258 g/mol. The molecule has 1 aliphatic heterocycles. The van der Waals surface area contributed by atoms with Gasteiger partial charge in [0.1, 0.15) is 5.75 Å². The van der Waals surface area contributed by atoms with Crippen molar-refractivity contribution in [2.24, 2.45) is 0 Å².